The molecule has 1 aliphatic heterocycles. The second-order valence-corrected chi connectivity index (χ2v) is 3.70. The number of hydrogen-bond acceptors (Lipinski definition) is 5. The average molecular weight is 279 g/mol. The third-order valence-corrected chi connectivity index (χ3v) is 2.29. The van der Waals surface area contributed by atoms with Crippen molar-refractivity contribution < 1.29 is 32.3 Å². The molecule has 2 rings (SSSR count). The van der Waals surface area contributed by atoms with Gasteiger partial charge in [0.1, 0.15) is 6.61 Å². The van der Waals surface area contributed by atoms with Gasteiger partial charge >= 0.3 is 6.18 Å². The maximum Gasteiger partial charge on any atom is 0.411 e. The number of benzene rings is 1. The third kappa shape index (κ3) is 3.25. The van der Waals surface area contributed by atoms with Gasteiger partial charge in [0.15, 0.2) is 11.5 Å². The molecule has 0 saturated heterocycles. The van der Waals surface area contributed by atoms with Crippen LogP contribution < -0.4 is 9.47 Å². The molecule has 0 unspecified atom stereocenters. The van der Waals surface area contributed by atoms with Crippen LogP contribution in [0.1, 0.15) is 5.56 Å². The van der Waals surface area contributed by atoms with E-state index in [1.165, 1.54) is 6.07 Å². The van der Waals surface area contributed by atoms with Crippen molar-refractivity contribution in [1.82, 2.24) is 0 Å². The summed E-state index contributed by atoms with van der Waals surface area (Å²) < 4.78 is 50.2. The van der Waals surface area contributed by atoms with Crippen LogP contribution in [0.15, 0.2) is 12.1 Å². The summed E-state index contributed by atoms with van der Waals surface area (Å²) in [5.41, 5.74) is -0.370. The fourth-order valence-corrected chi connectivity index (χ4v) is 1.54. The van der Waals surface area contributed by atoms with Crippen LogP contribution in [0.4, 0.5) is 18.9 Å². The quantitative estimate of drug-likeness (QED) is 0.625. The van der Waals surface area contributed by atoms with Crippen LogP contribution in [0.25, 0.3) is 0 Å². The van der Waals surface area contributed by atoms with Gasteiger partial charge in [0.25, 0.3) is 5.69 Å². The van der Waals surface area contributed by atoms with E-state index in [-0.39, 0.29) is 29.5 Å². The van der Waals surface area contributed by atoms with E-state index in [1.807, 2.05) is 0 Å². The molecule has 1 aromatic rings. The second kappa shape index (κ2) is 4.92. The highest BCUT2D eigenvalue weighted by molar-refractivity contribution is 5.54. The van der Waals surface area contributed by atoms with Crippen LogP contribution in [-0.4, -0.2) is 24.5 Å². The molecule has 0 saturated carbocycles. The van der Waals surface area contributed by atoms with Gasteiger partial charge in [-0.3, -0.25) is 10.1 Å². The Bertz CT molecular complexity index is 503. The summed E-state index contributed by atoms with van der Waals surface area (Å²) in [7, 11) is 0. The van der Waals surface area contributed by atoms with Crippen LogP contribution in [0, 0.1) is 10.1 Å². The van der Waals surface area contributed by atoms with Crippen molar-refractivity contribution in [3.63, 3.8) is 0 Å². The van der Waals surface area contributed by atoms with Gasteiger partial charge in [-0.2, -0.15) is 13.2 Å². The number of ether oxygens (including phenoxy) is 3. The molecular formula is C10H8F3NO5. The molecule has 9 heteroatoms. The number of hydrogen-bond donors (Lipinski definition) is 0. The fraction of sp³-hybridized carbons (Fsp3) is 0.400. The maximum absolute atomic E-state index is 11.9. The van der Waals surface area contributed by atoms with Crippen LogP contribution >= 0.6 is 0 Å². The van der Waals surface area contributed by atoms with E-state index < -0.39 is 24.3 Å². The molecular weight excluding hydrogens is 271 g/mol. The Hall–Kier alpha value is -2.03. The zero-order valence-electron chi connectivity index (χ0n) is 9.40. The first kappa shape index (κ1) is 13.4. The molecule has 1 aliphatic rings. The molecule has 0 amide bonds. The third-order valence-electron chi connectivity index (χ3n) is 2.29. The number of fused-ring (bicyclic) bond motifs is 1. The van der Waals surface area contributed by atoms with E-state index in [0.717, 1.165) is 6.07 Å². The van der Waals surface area contributed by atoms with E-state index in [2.05, 4.69) is 4.74 Å². The zero-order chi connectivity index (χ0) is 14.0. The van der Waals surface area contributed by atoms with Crippen molar-refractivity contribution in [2.45, 2.75) is 12.8 Å². The molecule has 0 bridgehead atoms. The lowest BCUT2D eigenvalue weighted by Gasteiger charge is -2.08. The topological polar surface area (TPSA) is 70.8 Å². The summed E-state index contributed by atoms with van der Waals surface area (Å²) in [6.07, 6.45) is -4.48. The van der Waals surface area contributed by atoms with Crippen LogP contribution in [0.3, 0.4) is 0 Å². The lowest BCUT2D eigenvalue weighted by molar-refractivity contribution is -0.386. The predicted octanol–water partition coefficient (Wildman–Crippen LogP) is 2.40. The number of halogens is 3. The number of nitro groups is 1. The van der Waals surface area contributed by atoms with E-state index in [9.17, 15) is 23.3 Å². The van der Waals surface area contributed by atoms with Crippen molar-refractivity contribution in [3.05, 3.63) is 27.8 Å². The lowest BCUT2D eigenvalue weighted by atomic mass is 10.1. The summed E-state index contributed by atoms with van der Waals surface area (Å²) >= 11 is 0. The van der Waals surface area contributed by atoms with Gasteiger partial charge in [-0.1, -0.05) is 0 Å². The maximum atomic E-state index is 11.9. The average Bonchev–Trinajstić information content (AvgIpc) is 2.72. The van der Waals surface area contributed by atoms with Gasteiger partial charge in [-0.05, 0) is 6.07 Å². The number of nitrogens with zero attached hydrogens (tertiary/aromatic N) is 1. The van der Waals surface area contributed by atoms with E-state index in [0.29, 0.717) is 0 Å². The van der Waals surface area contributed by atoms with Gasteiger partial charge in [-0.15, -0.1) is 0 Å². The highest BCUT2D eigenvalue weighted by Gasteiger charge is 2.29. The Morgan fingerprint density at radius 3 is 2.53 bits per heavy atom. The van der Waals surface area contributed by atoms with Crippen molar-refractivity contribution in [2.75, 3.05) is 13.4 Å². The van der Waals surface area contributed by atoms with Crippen molar-refractivity contribution in [3.8, 4) is 11.5 Å². The summed E-state index contributed by atoms with van der Waals surface area (Å²) in [5.74, 6) is 0.433. The first-order valence-corrected chi connectivity index (χ1v) is 5.08. The van der Waals surface area contributed by atoms with Gasteiger partial charge in [0.05, 0.1) is 23.2 Å². The van der Waals surface area contributed by atoms with Gasteiger partial charge in [-0.25, -0.2) is 0 Å². The largest absolute Gasteiger partial charge is 0.454 e. The molecule has 19 heavy (non-hydrogen) atoms. The SMILES string of the molecule is O=[N+]([O-])c1cc2c(cc1COCC(F)(F)F)OCO2. The van der Waals surface area contributed by atoms with Gasteiger partial charge < -0.3 is 14.2 Å². The molecule has 6 nitrogen and oxygen atoms in total. The van der Waals surface area contributed by atoms with E-state index >= 15 is 0 Å². The Labute approximate surface area is 104 Å². The van der Waals surface area contributed by atoms with Crippen LogP contribution in [0.2, 0.25) is 0 Å². The van der Waals surface area contributed by atoms with Gasteiger partial charge in [0.2, 0.25) is 6.79 Å². The van der Waals surface area contributed by atoms with Crippen molar-refractivity contribution in [1.29, 1.82) is 0 Å². The van der Waals surface area contributed by atoms with E-state index in [4.69, 9.17) is 9.47 Å². The number of alkyl halides is 3. The molecule has 0 aliphatic carbocycles. The summed E-state index contributed by atoms with van der Waals surface area (Å²) in [4.78, 5) is 10.1. The molecule has 0 aromatic heterocycles. The Morgan fingerprint density at radius 2 is 1.95 bits per heavy atom. The monoisotopic (exact) mass is 279 g/mol. The predicted molar refractivity (Wildman–Crippen MR) is 54.9 cm³/mol. The Kier molecular flexibility index (Phi) is 3.47. The number of rotatable bonds is 4. The molecule has 0 fully saturated rings. The zero-order valence-corrected chi connectivity index (χ0v) is 9.40. The highest BCUT2D eigenvalue weighted by Crippen LogP contribution is 2.38. The molecule has 0 N–H and O–H groups in total. The van der Waals surface area contributed by atoms with Crippen LogP contribution in [0.5, 0.6) is 11.5 Å². The molecule has 0 spiro atoms. The minimum absolute atomic E-state index is 0.00139. The second-order valence-electron chi connectivity index (χ2n) is 3.70. The van der Waals surface area contributed by atoms with E-state index in [1.54, 1.807) is 0 Å². The fourth-order valence-electron chi connectivity index (χ4n) is 1.54. The normalized spacial score (nSPS) is 13.6. The minimum Gasteiger partial charge on any atom is -0.454 e. The molecule has 1 heterocycles. The Morgan fingerprint density at radius 1 is 1.32 bits per heavy atom. The first-order valence-electron chi connectivity index (χ1n) is 5.08. The minimum atomic E-state index is -4.48. The summed E-state index contributed by atoms with van der Waals surface area (Å²) in [5, 5.41) is 10.8. The lowest BCUT2D eigenvalue weighted by Crippen LogP contribution is -2.17. The van der Waals surface area contributed by atoms with Crippen molar-refractivity contribution in [2.24, 2.45) is 0 Å². The summed E-state index contributed by atoms with van der Waals surface area (Å²) in [6, 6.07) is 2.35. The standard InChI is InChI=1S/C10H8F3NO5/c11-10(12,13)4-17-3-6-1-8-9(19-5-18-8)2-7(6)14(15)16/h1-2H,3-5H2. The van der Waals surface area contributed by atoms with Gasteiger partial charge in [0, 0.05) is 0 Å². The highest BCUT2D eigenvalue weighted by atomic mass is 19.4. The smallest absolute Gasteiger partial charge is 0.411 e. The molecule has 104 valence electrons. The molecule has 1 aromatic carbocycles. The number of nitro benzene ring substituents is 1. The molecule has 0 radical (unpaired) electrons. The summed E-state index contributed by atoms with van der Waals surface area (Å²) in [6.45, 7) is -2.09. The first-order chi connectivity index (χ1) is 8.87. The molecule has 0 atom stereocenters. The van der Waals surface area contributed by atoms with Crippen LogP contribution in [-0.2, 0) is 11.3 Å². The Balaban J connectivity index is 2.16. The van der Waals surface area contributed by atoms with Crippen molar-refractivity contribution >= 4 is 5.69 Å².